The van der Waals surface area contributed by atoms with Crippen LogP contribution in [0.2, 0.25) is 0 Å². The van der Waals surface area contributed by atoms with E-state index in [9.17, 15) is 0 Å². The van der Waals surface area contributed by atoms with E-state index in [1.165, 1.54) is 43.5 Å². The lowest BCUT2D eigenvalue weighted by Gasteiger charge is -2.26. The Morgan fingerprint density at radius 1 is 1.25 bits per heavy atom. The van der Waals surface area contributed by atoms with Crippen LogP contribution in [0.25, 0.3) is 0 Å². The summed E-state index contributed by atoms with van der Waals surface area (Å²) in [6, 6.07) is 5.02. The highest BCUT2D eigenvalue weighted by molar-refractivity contribution is 7.09. The maximum absolute atomic E-state index is 5.72. The summed E-state index contributed by atoms with van der Waals surface area (Å²) in [4.78, 5) is 4.07. The van der Waals surface area contributed by atoms with E-state index in [0.29, 0.717) is 6.04 Å². The first-order valence-electron chi connectivity index (χ1n) is 8.13. The molecular weight excluding hydrogens is 264 g/mol. The lowest BCUT2D eigenvalue weighted by Crippen LogP contribution is -2.31. The average Bonchev–Trinajstić information content (AvgIpc) is 2.90. The van der Waals surface area contributed by atoms with Gasteiger partial charge in [-0.05, 0) is 63.6 Å². The van der Waals surface area contributed by atoms with Crippen molar-refractivity contribution in [2.75, 3.05) is 13.1 Å². The zero-order valence-electron chi connectivity index (χ0n) is 13.5. The van der Waals surface area contributed by atoms with Gasteiger partial charge in [-0.1, -0.05) is 25.8 Å². The number of rotatable bonds is 11. The van der Waals surface area contributed by atoms with Crippen LogP contribution in [-0.4, -0.2) is 24.0 Å². The van der Waals surface area contributed by atoms with Gasteiger partial charge in [-0.2, -0.15) is 0 Å². The van der Waals surface area contributed by atoms with E-state index in [1.807, 2.05) is 11.3 Å². The normalized spacial score (nSPS) is 13.3. The van der Waals surface area contributed by atoms with E-state index in [-0.39, 0.29) is 0 Å². The first-order chi connectivity index (χ1) is 9.67. The number of thiophene rings is 1. The molecule has 20 heavy (non-hydrogen) atoms. The fourth-order valence-corrected chi connectivity index (χ4v) is 3.51. The van der Waals surface area contributed by atoms with Gasteiger partial charge in [0.25, 0.3) is 0 Å². The summed E-state index contributed by atoms with van der Waals surface area (Å²) in [5.41, 5.74) is 5.72. The Morgan fingerprint density at radius 2 is 2.05 bits per heavy atom. The van der Waals surface area contributed by atoms with Gasteiger partial charge in [0, 0.05) is 17.5 Å². The van der Waals surface area contributed by atoms with Crippen LogP contribution in [0.4, 0.5) is 0 Å². The highest BCUT2D eigenvalue weighted by atomic mass is 32.1. The summed E-state index contributed by atoms with van der Waals surface area (Å²) in [6.45, 7) is 10.0. The van der Waals surface area contributed by atoms with Crippen LogP contribution in [0.15, 0.2) is 17.5 Å². The largest absolute Gasteiger partial charge is 0.330 e. The summed E-state index contributed by atoms with van der Waals surface area (Å²) >= 11 is 1.87. The Morgan fingerprint density at radius 3 is 2.60 bits per heavy atom. The van der Waals surface area contributed by atoms with Gasteiger partial charge < -0.3 is 5.73 Å². The Hall–Kier alpha value is -0.380. The quantitative estimate of drug-likeness (QED) is 0.651. The fraction of sp³-hybridized carbons (Fsp3) is 0.765. The molecule has 0 aromatic carbocycles. The molecule has 0 aliphatic carbocycles. The molecule has 0 aliphatic heterocycles. The Balaban J connectivity index is 2.34. The molecule has 0 radical (unpaired) electrons. The average molecular weight is 297 g/mol. The van der Waals surface area contributed by atoms with Gasteiger partial charge in [-0.15, -0.1) is 11.3 Å². The van der Waals surface area contributed by atoms with E-state index >= 15 is 0 Å². The molecular formula is C17H32N2S. The number of nitrogens with zero attached hydrogens (tertiary/aromatic N) is 1. The summed E-state index contributed by atoms with van der Waals surface area (Å²) < 4.78 is 0. The summed E-state index contributed by atoms with van der Waals surface area (Å²) in [6.07, 6.45) is 6.45. The van der Waals surface area contributed by atoms with Gasteiger partial charge in [0.2, 0.25) is 0 Å². The van der Waals surface area contributed by atoms with Crippen molar-refractivity contribution in [2.24, 2.45) is 11.7 Å². The van der Waals surface area contributed by atoms with Crippen LogP contribution in [0.5, 0.6) is 0 Å². The van der Waals surface area contributed by atoms with Gasteiger partial charge in [0.15, 0.2) is 0 Å². The molecule has 0 saturated carbocycles. The van der Waals surface area contributed by atoms with E-state index < -0.39 is 0 Å². The summed E-state index contributed by atoms with van der Waals surface area (Å²) in [5.74, 6) is 0.834. The highest BCUT2D eigenvalue weighted by Gasteiger charge is 2.12. The predicted molar refractivity (Wildman–Crippen MR) is 91.2 cm³/mol. The SMILES string of the molecule is CCCC(CCN)CCCN(Cc1cccs1)C(C)C. The second-order valence-electron chi connectivity index (χ2n) is 6.02. The van der Waals surface area contributed by atoms with Gasteiger partial charge in [0.1, 0.15) is 0 Å². The molecule has 2 N–H and O–H groups in total. The van der Waals surface area contributed by atoms with E-state index in [4.69, 9.17) is 5.73 Å². The smallest absolute Gasteiger partial charge is 0.0330 e. The van der Waals surface area contributed by atoms with Crippen LogP contribution < -0.4 is 5.73 Å². The highest BCUT2D eigenvalue weighted by Crippen LogP contribution is 2.19. The van der Waals surface area contributed by atoms with Crippen molar-refractivity contribution in [2.45, 2.75) is 65.5 Å². The van der Waals surface area contributed by atoms with Crippen molar-refractivity contribution in [3.05, 3.63) is 22.4 Å². The second kappa shape index (κ2) is 10.4. The third kappa shape index (κ3) is 6.87. The van der Waals surface area contributed by atoms with E-state index in [1.54, 1.807) is 0 Å². The lowest BCUT2D eigenvalue weighted by molar-refractivity contribution is 0.204. The van der Waals surface area contributed by atoms with Crippen molar-refractivity contribution >= 4 is 11.3 Å². The predicted octanol–water partition coefficient (Wildman–Crippen LogP) is 4.50. The first kappa shape index (κ1) is 17.7. The van der Waals surface area contributed by atoms with Gasteiger partial charge in [-0.25, -0.2) is 0 Å². The minimum atomic E-state index is 0.622. The van der Waals surface area contributed by atoms with Crippen LogP contribution >= 0.6 is 11.3 Å². The van der Waals surface area contributed by atoms with Crippen molar-refractivity contribution in [1.82, 2.24) is 4.90 Å². The fourth-order valence-electron chi connectivity index (χ4n) is 2.78. The molecule has 1 aromatic rings. The zero-order valence-corrected chi connectivity index (χ0v) is 14.3. The molecule has 1 aromatic heterocycles. The molecule has 1 rings (SSSR count). The standard InChI is InChI=1S/C17H32N2S/c1-4-7-16(10-11-18)8-5-12-19(15(2)3)14-17-9-6-13-20-17/h6,9,13,15-16H,4-5,7-8,10-12,14,18H2,1-3H3. The second-order valence-corrected chi connectivity index (χ2v) is 7.05. The van der Waals surface area contributed by atoms with Crippen LogP contribution in [-0.2, 0) is 6.54 Å². The molecule has 0 fully saturated rings. The van der Waals surface area contributed by atoms with Crippen molar-refractivity contribution in [1.29, 1.82) is 0 Å². The van der Waals surface area contributed by atoms with E-state index in [2.05, 4.69) is 43.2 Å². The lowest BCUT2D eigenvalue weighted by atomic mass is 9.94. The summed E-state index contributed by atoms with van der Waals surface area (Å²) in [7, 11) is 0. The number of nitrogens with two attached hydrogens (primary N) is 1. The Labute approximate surface area is 129 Å². The molecule has 0 amide bonds. The Kier molecular flexibility index (Phi) is 9.16. The number of hydrogen-bond acceptors (Lipinski definition) is 3. The zero-order chi connectivity index (χ0) is 14.8. The topological polar surface area (TPSA) is 29.3 Å². The monoisotopic (exact) mass is 296 g/mol. The molecule has 1 heterocycles. The molecule has 0 saturated heterocycles. The van der Waals surface area contributed by atoms with E-state index in [0.717, 1.165) is 19.0 Å². The minimum absolute atomic E-state index is 0.622. The first-order valence-corrected chi connectivity index (χ1v) is 9.01. The van der Waals surface area contributed by atoms with Gasteiger partial charge in [-0.3, -0.25) is 4.90 Å². The van der Waals surface area contributed by atoms with Crippen molar-refractivity contribution in [3.63, 3.8) is 0 Å². The van der Waals surface area contributed by atoms with Crippen LogP contribution in [0.3, 0.4) is 0 Å². The summed E-state index contributed by atoms with van der Waals surface area (Å²) in [5, 5.41) is 2.17. The molecule has 1 atom stereocenters. The molecule has 0 spiro atoms. The maximum atomic E-state index is 5.72. The molecule has 2 nitrogen and oxygen atoms in total. The Bertz CT molecular complexity index is 316. The number of hydrogen-bond donors (Lipinski definition) is 1. The third-order valence-electron chi connectivity index (χ3n) is 4.00. The molecule has 116 valence electrons. The van der Waals surface area contributed by atoms with Crippen LogP contribution in [0, 0.1) is 5.92 Å². The third-order valence-corrected chi connectivity index (χ3v) is 4.86. The minimum Gasteiger partial charge on any atom is -0.330 e. The van der Waals surface area contributed by atoms with Gasteiger partial charge >= 0.3 is 0 Å². The van der Waals surface area contributed by atoms with Crippen LogP contribution in [0.1, 0.15) is 57.8 Å². The maximum Gasteiger partial charge on any atom is 0.0330 e. The van der Waals surface area contributed by atoms with Crippen molar-refractivity contribution in [3.8, 4) is 0 Å². The van der Waals surface area contributed by atoms with Crippen molar-refractivity contribution < 1.29 is 0 Å². The van der Waals surface area contributed by atoms with Gasteiger partial charge in [0.05, 0.1) is 0 Å². The molecule has 3 heteroatoms. The molecule has 0 aliphatic rings. The molecule has 0 bridgehead atoms. The molecule has 1 unspecified atom stereocenters.